The van der Waals surface area contributed by atoms with Crippen LogP contribution >= 0.6 is 11.6 Å². The van der Waals surface area contributed by atoms with Crippen molar-refractivity contribution >= 4 is 11.6 Å². The standard InChI is InChI=1S/C15H12ClFN2/c16-10-4-1-5-11(17)14(10)15(12-6-2-8-18-12)13-7-3-9-19-13/h1-9,15,18-19H. The van der Waals surface area contributed by atoms with E-state index in [0.29, 0.717) is 10.6 Å². The summed E-state index contributed by atoms with van der Waals surface area (Å²) in [6, 6.07) is 12.4. The average Bonchev–Trinajstić information content (AvgIpc) is 3.07. The molecule has 2 aromatic heterocycles. The topological polar surface area (TPSA) is 31.6 Å². The lowest BCUT2D eigenvalue weighted by atomic mass is 9.92. The maximum Gasteiger partial charge on any atom is 0.128 e. The molecule has 0 saturated heterocycles. The van der Waals surface area contributed by atoms with E-state index in [1.807, 2.05) is 36.7 Å². The van der Waals surface area contributed by atoms with E-state index in [-0.39, 0.29) is 11.7 Å². The molecule has 0 unspecified atom stereocenters. The number of H-pyrrole nitrogens is 2. The van der Waals surface area contributed by atoms with Crippen molar-refractivity contribution in [2.75, 3.05) is 0 Å². The molecule has 0 aliphatic carbocycles. The fraction of sp³-hybridized carbons (Fsp3) is 0.0667. The summed E-state index contributed by atoms with van der Waals surface area (Å²) in [6.07, 6.45) is 3.64. The van der Waals surface area contributed by atoms with Crippen LogP contribution < -0.4 is 0 Å². The minimum atomic E-state index is -0.304. The predicted molar refractivity (Wildman–Crippen MR) is 73.9 cm³/mol. The first-order chi connectivity index (χ1) is 9.27. The molecule has 1 aromatic carbocycles. The Morgan fingerprint density at radius 2 is 1.53 bits per heavy atom. The first-order valence-electron chi connectivity index (χ1n) is 5.98. The first kappa shape index (κ1) is 12.1. The molecule has 2 N–H and O–H groups in total. The fourth-order valence-corrected chi connectivity index (χ4v) is 2.58. The molecule has 3 rings (SSSR count). The minimum Gasteiger partial charge on any atom is -0.364 e. The third kappa shape index (κ3) is 2.17. The van der Waals surface area contributed by atoms with Gasteiger partial charge in [0.05, 0.1) is 5.92 Å². The Kier molecular flexibility index (Phi) is 3.13. The van der Waals surface area contributed by atoms with Crippen LogP contribution in [0.5, 0.6) is 0 Å². The highest BCUT2D eigenvalue weighted by atomic mass is 35.5. The van der Waals surface area contributed by atoms with E-state index in [9.17, 15) is 4.39 Å². The van der Waals surface area contributed by atoms with Crippen molar-refractivity contribution in [2.24, 2.45) is 0 Å². The van der Waals surface area contributed by atoms with Gasteiger partial charge in [-0.2, -0.15) is 0 Å². The summed E-state index contributed by atoms with van der Waals surface area (Å²) < 4.78 is 14.2. The molecular formula is C15H12ClFN2. The monoisotopic (exact) mass is 274 g/mol. The second-order valence-electron chi connectivity index (χ2n) is 4.32. The van der Waals surface area contributed by atoms with Gasteiger partial charge in [0.1, 0.15) is 5.82 Å². The summed E-state index contributed by atoms with van der Waals surface area (Å²) in [7, 11) is 0. The molecule has 0 saturated carbocycles. The van der Waals surface area contributed by atoms with Crippen LogP contribution in [0.4, 0.5) is 4.39 Å². The first-order valence-corrected chi connectivity index (χ1v) is 6.35. The molecule has 0 aliphatic rings. The van der Waals surface area contributed by atoms with Gasteiger partial charge in [0.25, 0.3) is 0 Å². The number of benzene rings is 1. The van der Waals surface area contributed by atoms with E-state index in [0.717, 1.165) is 11.4 Å². The number of hydrogen-bond donors (Lipinski definition) is 2. The molecule has 0 spiro atoms. The summed E-state index contributed by atoms with van der Waals surface area (Å²) >= 11 is 6.19. The Morgan fingerprint density at radius 3 is 2.00 bits per heavy atom. The maximum absolute atomic E-state index is 14.2. The van der Waals surface area contributed by atoms with Gasteiger partial charge in [0.15, 0.2) is 0 Å². The number of rotatable bonds is 3. The van der Waals surface area contributed by atoms with Gasteiger partial charge in [-0.3, -0.25) is 0 Å². The van der Waals surface area contributed by atoms with Crippen LogP contribution in [0.1, 0.15) is 22.9 Å². The van der Waals surface area contributed by atoms with Crippen molar-refractivity contribution in [1.29, 1.82) is 0 Å². The van der Waals surface area contributed by atoms with Crippen LogP contribution in [-0.4, -0.2) is 9.97 Å². The molecule has 2 heterocycles. The highest BCUT2D eigenvalue weighted by Crippen LogP contribution is 2.35. The Balaban J connectivity index is 2.21. The molecule has 0 radical (unpaired) electrons. The van der Waals surface area contributed by atoms with Crippen molar-refractivity contribution in [1.82, 2.24) is 9.97 Å². The van der Waals surface area contributed by atoms with Crippen molar-refractivity contribution < 1.29 is 4.39 Å². The van der Waals surface area contributed by atoms with E-state index in [1.165, 1.54) is 6.07 Å². The summed E-state index contributed by atoms with van der Waals surface area (Å²) in [5.74, 6) is -0.569. The van der Waals surface area contributed by atoms with Crippen LogP contribution in [0.25, 0.3) is 0 Å². The summed E-state index contributed by atoms with van der Waals surface area (Å²) in [5.41, 5.74) is 2.28. The smallest absolute Gasteiger partial charge is 0.128 e. The van der Waals surface area contributed by atoms with E-state index in [4.69, 9.17) is 11.6 Å². The average molecular weight is 275 g/mol. The maximum atomic E-state index is 14.2. The van der Waals surface area contributed by atoms with Gasteiger partial charge >= 0.3 is 0 Å². The van der Waals surface area contributed by atoms with Gasteiger partial charge in [0.2, 0.25) is 0 Å². The van der Waals surface area contributed by atoms with Crippen molar-refractivity contribution in [3.8, 4) is 0 Å². The van der Waals surface area contributed by atoms with Crippen LogP contribution in [0.3, 0.4) is 0 Å². The minimum absolute atomic E-state index is 0.265. The van der Waals surface area contributed by atoms with E-state index in [1.54, 1.807) is 12.1 Å². The summed E-state index contributed by atoms with van der Waals surface area (Å²) in [6.45, 7) is 0. The zero-order valence-electron chi connectivity index (χ0n) is 10.0. The van der Waals surface area contributed by atoms with Gasteiger partial charge in [-0.25, -0.2) is 4.39 Å². The third-order valence-corrected chi connectivity index (χ3v) is 3.48. The van der Waals surface area contributed by atoms with Crippen molar-refractivity contribution in [2.45, 2.75) is 5.92 Å². The highest BCUT2D eigenvalue weighted by Gasteiger charge is 2.24. The number of aromatic nitrogens is 2. The predicted octanol–water partition coefficient (Wildman–Crippen LogP) is 4.32. The molecule has 3 aromatic rings. The highest BCUT2D eigenvalue weighted by molar-refractivity contribution is 6.31. The Morgan fingerprint density at radius 1 is 0.895 bits per heavy atom. The molecule has 0 bridgehead atoms. The second-order valence-corrected chi connectivity index (χ2v) is 4.73. The number of hydrogen-bond acceptors (Lipinski definition) is 0. The van der Waals surface area contributed by atoms with Crippen LogP contribution in [-0.2, 0) is 0 Å². The fourth-order valence-electron chi connectivity index (χ4n) is 2.31. The molecular weight excluding hydrogens is 263 g/mol. The van der Waals surface area contributed by atoms with Crippen LogP contribution in [0.2, 0.25) is 5.02 Å². The second kappa shape index (κ2) is 4.94. The zero-order chi connectivity index (χ0) is 13.2. The van der Waals surface area contributed by atoms with Gasteiger partial charge < -0.3 is 9.97 Å². The number of aromatic amines is 2. The Labute approximate surface area is 115 Å². The normalized spacial score (nSPS) is 11.1. The number of nitrogens with one attached hydrogen (secondary N) is 2. The lowest BCUT2D eigenvalue weighted by Gasteiger charge is -2.17. The van der Waals surface area contributed by atoms with Gasteiger partial charge in [0, 0.05) is 34.4 Å². The largest absolute Gasteiger partial charge is 0.364 e. The molecule has 0 atom stereocenters. The molecule has 2 nitrogen and oxygen atoms in total. The van der Waals surface area contributed by atoms with E-state index >= 15 is 0 Å². The lowest BCUT2D eigenvalue weighted by molar-refractivity contribution is 0.604. The molecule has 0 amide bonds. The molecule has 0 fully saturated rings. The summed E-state index contributed by atoms with van der Waals surface area (Å²) in [4.78, 5) is 6.27. The van der Waals surface area contributed by atoms with E-state index in [2.05, 4.69) is 9.97 Å². The Hall–Kier alpha value is -2.00. The quantitative estimate of drug-likeness (QED) is 0.713. The van der Waals surface area contributed by atoms with Crippen LogP contribution in [0.15, 0.2) is 54.9 Å². The summed E-state index contributed by atoms with van der Waals surface area (Å²) in [5, 5.41) is 0.425. The zero-order valence-corrected chi connectivity index (χ0v) is 10.8. The third-order valence-electron chi connectivity index (χ3n) is 3.15. The number of halogens is 2. The Bertz CT molecular complexity index is 605. The SMILES string of the molecule is Fc1cccc(Cl)c1C(c1ccc[nH]1)c1ccc[nH]1. The molecule has 96 valence electrons. The van der Waals surface area contributed by atoms with Gasteiger partial charge in [-0.15, -0.1) is 0 Å². The molecule has 4 heteroatoms. The molecule has 0 aliphatic heterocycles. The lowest BCUT2D eigenvalue weighted by Crippen LogP contribution is -2.07. The van der Waals surface area contributed by atoms with Gasteiger partial charge in [-0.05, 0) is 36.4 Å². The van der Waals surface area contributed by atoms with Crippen LogP contribution in [0, 0.1) is 5.82 Å². The van der Waals surface area contributed by atoms with Crippen molar-refractivity contribution in [3.63, 3.8) is 0 Å². The molecule has 19 heavy (non-hydrogen) atoms. The van der Waals surface area contributed by atoms with E-state index < -0.39 is 0 Å². The van der Waals surface area contributed by atoms with Gasteiger partial charge in [-0.1, -0.05) is 17.7 Å². The van der Waals surface area contributed by atoms with Crippen molar-refractivity contribution in [3.05, 3.63) is 82.6 Å².